The van der Waals surface area contributed by atoms with Crippen LogP contribution in [0.15, 0.2) is 18.2 Å². The molecule has 0 aliphatic heterocycles. The van der Waals surface area contributed by atoms with Crippen LogP contribution in [-0.4, -0.2) is 17.3 Å². The van der Waals surface area contributed by atoms with E-state index in [0.29, 0.717) is 22.5 Å². The summed E-state index contributed by atoms with van der Waals surface area (Å²) < 4.78 is 0. The molecular formula is C16H25Cl2NO. The maximum Gasteiger partial charge on any atom is 0.0746 e. The van der Waals surface area contributed by atoms with Gasteiger partial charge in [-0.3, -0.25) is 0 Å². The van der Waals surface area contributed by atoms with E-state index in [4.69, 9.17) is 23.2 Å². The lowest BCUT2D eigenvalue weighted by Gasteiger charge is -2.29. The Morgan fingerprint density at radius 1 is 1.30 bits per heavy atom. The summed E-state index contributed by atoms with van der Waals surface area (Å²) in [7, 11) is 0. The Morgan fingerprint density at radius 2 is 1.95 bits per heavy atom. The van der Waals surface area contributed by atoms with Crippen molar-refractivity contribution in [3.8, 4) is 0 Å². The number of rotatable bonds is 7. The average Bonchev–Trinajstić information content (AvgIpc) is 2.30. The van der Waals surface area contributed by atoms with E-state index in [2.05, 4.69) is 26.1 Å². The van der Waals surface area contributed by atoms with Crippen LogP contribution in [0.25, 0.3) is 0 Å². The van der Waals surface area contributed by atoms with E-state index >= 15 is 0 Å². The molecule has 0 saturated heterocycles. The van der Waals surface area contributed by atoms with E-state index in [9.17, 15) is 5.11 Å². The lowest BCUT2D eigenvalue weighted by molar-refractivity contribution is 0.0357. The molecule has 114 valence electrons. The number of nitrogens with one attached hydrogen (secondary N) is 1. The van der Waals surface area contributed by atoms with E-state index in [-0.39, 0.29) is 6.04 Å². The molecule has 0 aliphatic rings. The molecule has 2 nitrogen and oxygen atoms in total. The zero-order valence-corrected chi connectivity index (χ0v) is 14.2. The summed E-state index contributed by atoms with van der Waals surface area (Å²) in [4.78, 5) is 0. The molecule has 1 aromatic carbocycles. The van der Waals surface area contributed by atoms with Gasteiger partial charge in [0, 0.05) is 22.6 Å². The van der Waals surface area contributed by atoms with Crippen molar-refractivity contribution in [1.29, 1.82) is 0 Å². The molecule has 1 rings (SSSR count). The highest BCUT2D eigenvalue weighted by molar-refractivity contribution is 6.35. The second-order valence-corrected chi connectivity index (χ2v) is 6.95. The van der Waals surface area contributed by atoms with Crippen LogP contribution in [0.3, 0.4) is 0 Å². The molecule has 0 saturated carbocycles. The van der Waals surface area contributed by atoms with Gasteiger partial charge in [-0.05, 0) is 43.4 Å². The second-order valence-electron chi connectivity index (χ2n) is 6.10. The van der Waals surface area contributed by atoms with Crippen molar-refractivity contribution >= 4 is 23.2 Å². The van der Waals surface area contributed by atoms with Crippen LogP contribution >= 0.6 is 23.2 Å². The van der Waals surface area contributed by atoms with E-state index in [1.54, 1.807) is 6.07 Å². The van der Waals surface area contributed by atoms with E-state index in [1.807, 2.05) is 19.1 Å². The molecule has 0 aromatic heterocycles. The van der Waals surface area contributed by atoms with Crippen LogP contribution < -0.4 is 5.32 Å². The topological polar surface area (TPSA) is 32.3 Å². The third kappa shape index (κ3) is 5.61. The van der Waals surface area contributed by atoms with E-state index in [1.165, 1.54) is 0 Å². The van der Waals surface area contributed by atoms with Crippen LogP contribution in [0.2, 0.25) is 10.0 Å². The minimum Gasteiger partial charge on any atom is -0.389 e. The van der Waals surface area contributed by atoms with Crippen molar-refractivity contribution in [2.45, 2.75) is 52.2 Å². The van der Waals surface area contributed by atoms with Crippen LogP contribution in [-0.2, 0) is 0 Å². The van der Waals surface area contributed by atoms with Gasteiger partial charge >= 0.3 is 0 Å². The van der Waals surface area contributed by atoms with Crippen molar-refractivity contribution in [3.63, 3.8) is 0 Å². The monoisotopic (exact) mass is 317 g/mol. The van der Waals surface area contributed by atoms with Crippen molar-refractivity contribution in [3.05, 3.63) is 33.8 Å². The molecular weight excluding hydrogens is 293 g/mol. The minimum atomic E-state index is -0.708. The molecule has 0 bridgehead atoms. The SMILES string of the molecule is CCC(NCC(C)(O)CC(C)C)c1ccc(Cl)cc1Cl. The van der Waals surface area contributed by atoms with Gasteiger partial charge in [-0.15, -0.1) is 0 Å². The fraction of sp³-hybridized carbons (Fsp3) is 0.625. The van der Waals surface area contributed by atoms with Crippen LogP contribution in [0, 0.1) is 5.92 Å². The minimum absolute atomic E-state index is 0.124. The lowest BCUT2D eigenvalue weighted by Crippen LogP contribution is -2.40. The van der Waals surface area contributed by atoms with Crippen molar-refractivity contribution in [1.82, 2.24) is 5.32 Å². The molecule has 2 unspecified atom stereocenters. The Labute approximate surface area is 132 Å². The van der Waals surface area contributed by atoms with Crippen LogP contribution in [0.4, 0.5) is 0 Å². The van der Waals surface area contributed by atoms with Gasteiger partial charge < -0.3 is 10.4 Å². The second kappa shape index (κ2) is 7.65. The molecule has 1 aromatic rings. The number of aliphatic hydroxyl groups is 1. The van der Waals surface area contributed by atoms with E-state index in [0.717, 1.165) is 18.4 Å². The highest BCUT2D eigenvalue weighted by atomic mass is 35.5. The van der Waals surface area contributed by atoms with Gasteiger partial charge in [-0.2, -0.15) is 0 Å². The normalized spacial score (nSPS) is 16.2. The summed E-state index contributed by atoms with van der Waals surface area (Å²) >= 11 is 12.2. The maximum atomic E-state index is 10.4. The fourth-order valence-electron chi connectivity index (χ4n) is 2.55. The summed E-state index contributed by atoms with van der Waals surface area (Å²) in [5.41, 5.74) is 0.319. The first-order chi connectivity index (χ1) is 9.25. The first kappa shape index (κ1) is 17.8. The first-order valence-corrected chi connectivity index (χ1v) is 7.91. The third-order valence-corrected chi connectivity index (χ3v) is 3.89. The zero-order chi connectivity index (χ0) is 15.3. The standard InChI is InChI=1S/C16H25Cl2NO/c1-5-15(13-7-6-12(17)8-14(13)18)19-10-16(4,20)9-11(2)3/h6-8,11,15,19-20H,5,9-10H2,1-4H3. The Balaban J connectivity index is 2.72. The summed E-state index contributed by atoms with van der Waals surface area (Å²) in [5.74, 6) is 0.464. The average molecular weight is 318 g/mol. The molecule has 2 N–H and O–H groups in total. The molecule has 2 atom stereocenters. The van der Waals surface area contributed by atoms with Crippen LogP contribution in [0.5, 0.6) is 0 Å². The summed E-state index contributed by atoms with van der Waals surface area (Å²) in [5, 5.41) is 15.1. The predicted octanol–water partition coefficient (Wildman–Crippen LogP) is 4.83. The number of halogens is 2. The summed E-state index contributed by atoms with van der Waals surface area (Å²) in [6, 6.07) is 5.68. The molecule has 0 heterocycles. The number of hydrogen-bond acceptors (Lipinski definition) is 2. The highest BCUT2D eigenvalue weighted by Crippen LogP contribution is 2.28. The lowest BCUT2D eigenvalue weighted by atomic mass is 9.93. The fourth-order valence-corrected chi connectivity index (χ4v) is 3.09. The molecule has 0 amide bonds. The van der Waals surface area contributed by atoms with Crippen LogP contribution in [0.1, 0.15) is 52.1 Å². The molecule has 0 fully saturated rings. The smallest absolute Gasteiger partial charge is 0.0746 e. The molecule has 4 heteroatoms. The van der Waals surface area contributed by atoms with Gasteiger partial charge in [0.25, 0.3) is 0 Å². The van der Waals surface area contributed by atoms with Gasteiger partial charge in [0.05, 0.1) is 5.60 Å². The van der Waals surface area contributed by atoms with Crippen molar-refractivity contribution in [2.75, 3.05) is 6.54 Å². The largest absolute Gasteiger partial charge is 0.389 e. The van der Waals surface area contributed by atoms with Gasteiger partial charge in [0.2, 0.25) is 0 Å². The summed E-state index contributed by atoms with van der Waals surface area (Å²) in [6.07, 6.45) is 1.67. The highest BCUT2D eigenvalue weighted by Gasteiger charge is 2.23. The molecule has 20 heavy (non-hydrogen) atoms. The zero-order valence-electron chi connectivity index (χ0n) is 12.7. The Hall–Kier alpha value is -0.280. The molecule has 0 spiro atoms. The Morgan fingerprint density at radius 3 is 2.45 bits per heavy atom. The molecule has 0 aliphatic carbocycles. The predicted molar refractivity (Wildman–Crippen MR) is 87.6 cm³/mol. The van der Waals surface area contributed by atoms with Gasteiger partial charge in [0.15, 0.2) is 0 Å². The Bertz CT molecular complexity index is 432. The molecule has 0 radical (unpaired) electrons. The van der Waals surface area contributed by atoms with Gasteiger partial charge in [0.1, 0.15) is 0 Å². The van der Waals surface area contributed by atoms with Crippen molar-refractivity contribution < 1.29 is 5.11 Å². The Kier molecular flexibility index (Phi) is 6.80. The van der Waals surface area contributed by atoms with E-state index < -0.39 is 5.60 Å². The third-order valence-electron chi connectivity index (χ3n) is 3.32. The number of benzene rings is 1. The quantitative estimate of drug-likeness (QED) is 0.754. The summed E-state index contributed by atoms with van der Waals surface area (Å²) in [6.45, 7) is 8.74. The van der Waals surface area contributed by atoms with Gasteiger partial charge in [-0.1, -0.05) is 50.0 Å². The number of hydrogen-bond donors (Lipinski definition) is 2. The maximum absolute atomic E-state index is 10.4. The van der Waals surface area contributed by atoms with Gasteiger partial charge in [-0.25, -0.2) is 0 Å². The van der Waals surface area contributed by atoms with Crippen molar-refractivity contribution in [2.24, 2.45) is 5.92 Å². The first-order valence-electron chi connectivity index (χ1n) is 7.16.